The summed E-state index contributed by atoms with van der Waals surface area (Å²) in [5.41, 5.74) is 2.34. The third kappa shape index (κ3) is 4.91. The third-order valence-electron chi connectivity index (χ3n) is 7.81. The van der Waals surface area contributed by atoms with Gasteiger partial charge in [-0.1, -0.05) is 61.5 Å². The van der Waals surface area contributed by atoms with Crippen LogP contribution in [-0.4, -0.2) is 57.2 Å². The summed E-state index contributed by atoms with van der Waals surface area (Å²) < 4.78 is 19.8. The van der Waals surface area contributed by atoms with Crippen molar-refractivity contribution in [2.24, 2.45) is 11.0 Å². The fourth-order valence-electron chi connectivity index (χ4n) is 5.76. The number of hydrazone groups is 1. The summed E-state index contributed by atoms with van der Waals surface area (Å²) in [6, 6.07) is 15.9. The molecule has 0 aliphatic carbocycles. The number of aromatic nitrogens is 1. The van der Waals surface area contributed by atoms with Gasteiger partial charge in [0.05, 0.1) is 17.8 Å². The van der Waals surface area contributed by atoms with Gasteiger partial charge < -0.3 is 19.8 Å². The van der Waals surface area contributed by atoms with E-state index in [4.69, 9.17) is 9.62 Å². The maximum atomic E-state index is 14.3. The SMILES string of the molecule is CCN1N=C([C@@H]2C[C@@H](O)CN2C(=O)[C@@H](c2cc(C)no2)C(C)C)N[C@@]1(C)c1ccc(-c2ccccc2F)cc1. The van der Waals surface area contributed by atoms with Gasteiger partial charge in [0.15, 0.2) is 5.66 Å². The number of aliphatic hydroxyl groups is 1. The second-order valence-electron chi connectivity index (χ2n) is 10.9. The standard InChI is InChI=1S/C30H36FN5O3/c1-6-36-30(5,21-13-11-20(12-14-21)23-9-7-8-10-24(23)31)32-28(33-36)25-16-22(37)17-35(25)29(38)27(18(2)3)26-15-19(4)34-39-26/h7-15,18,22,25,27,37H,6,16-17H2,1-5H3,(H,32,33)/t22-,25+,27-,30-/m1/s1. The highest BCUT2D eigenvalue weighted by molar-refractivity contribution is 5.95. The average molecular weight is 534 g/mol. The number of amidine groups is 1. The monoisotopic (exact) mass is 533 g/mol. The Kier molecular flexibility index (Phi) is 7.20. The first-order valence-corrected chi connectivity index (χ1v) is 13.5. The van der Waals surface area contributed by atoms with Crippen LogP contribution >= 0.6 is 0 Å². The minimum Gasteiger partial charge on any atom is -0.391 e. The lowest BCUT2D eigenvalue weighted by Crippen LogP contribution is -2.52. The Morgan fingerprint density at radius 2 is 1.95 bits per heavy atom. The van der Waals surface area contributed by atoms with Crippen LogP contribution in [0.2, 0.25) is 0 Å². The minimum absolute atomic E-state index is 0.0212. The maximum absolute atomic E-state index is 14.3. The predicted octanol–water partition coefficient (Wildman–Crippen LogP) is 4.60. The van der Waals surface area contributed by atoms with Gasteiger partial charge in [0, 0.05) is 31.1 Å². The van der Waals surface area contributed by atoms with Crippen molar-refractivity contribution in [3.63, 3.8) is 0 Å². The summed E-state index contributed by atoms with van der Waals surface area (Å²) in [6.45, 7) is 10.7. The van der Waals surface area contributed by atoms with Crippen LogP contribution in [0, 0.1) is 18.7 Å². The first kappa shape index (κ1) is 26.9. The Labute approximate surface area is 228 Å². The molecule has 2 N–H and O–H groups in total. The number of likely N-dealkylation sites (tertiary alicyclic amines) is 1. The fourth-order valence-corrected chi connectivity index (χ4v) is 5.76. The Balaban J connectivity index is 1.41. The molecule has 1 saturated heterocycles. The lowest BCUT2D eigenvalue weighted by molar-refractivity contribution is -0.134. The van der Waals surface area contributed by atoms with Crippen LogP contribution in [0.1, 0.15) is 57.1 Å². The first-order chi connectivity index (χ1) is 18.6. The van der Waals surface area contributed by atoms with Crippen molar-refractivity contribution in [1.82, 2.24) is 20.4 Å². The lowest BCUT2D eigenvalue weighted by Gasteiger charge is -2.35. The van der Waals surface area contributed by atoms with Crippen LogP contribution in [0.25, 0.3) is 11.1 Å². The van der Waals surface area contributed by atoms with Gasteiger partial charge in [0.2, 0.25) is 5.91 Å². The van der Waals surface area contributed by atoms with Gasteiger partial charge in [-0.25, -0.2) is 4.39 Å². The topological polar surface area (TPSA) is 94.2 Å². The number of nitrogens with zero attached hydrogens (tertiary/aromatic N) is 4. The number of nitrogens with one attached hydrogen (secondary N) is 1. The number of hydrogen-bond acceptors (Lipinski definition) is 7. The molecule has 8 nitrogen and oxygen atoms in total. The van der Waals surface area contributed by atoms with E-state index in [0.717, 1.165) is 16.8 Å². The Bertz CT molecular complexity index is 1370. The third-order valence-corrected chi connectivity index (χ3v) is 7.81. The number of benzene rings is 2. The molecule has 3 heterocycles. The summed E-state index contributed by atoms with van der Waals surface area (Å²) in [4.78, 5) is 15.6. The van der Waals surface area contributed by atoms with Crippen molar-refractivity contribution in [3.8, 4) is 11.1 Å². The molecule has 0 saturated carbocycles. The summed E-state index contributed by atoms with van der Waals surface area (Å²) in [6.07, 6.45) is -0.271. The summed E-state index contributed by atoms with van der Waals surface area (Å²) in [5, 5.41) is 25.1. The molecule has 1 aromatic heterocycles. The van der Waals surface area contributed by atoms with E-state index in [9.17, 15) is 14.3 Å². The number of halogens is 1. The Morgan fingerprint density at radius 1 is 1.23 bits per heavy atom. The zero-order chi connectivity index (χ0) is 27.9. The van der Waals surface area contributed by atoms with Crippen molar-refractivity contribution < 1.29 is 18.8 Å². The molecule has 206 valence electrons. The molecule has 0 bridgehead atoms. The predicted molar refractivity (Wildman–Crippen MR) is 147 cm³/mol. The van der Waals surface area contributed by atoms with E-state index in [1.165, 1.54) is 6.07 Å². The average Bonchev–Trinajstić information content (AvgIpc) is 3.61. The molecule has 2 aliphatic rings. The number of aliphatic hydroxyl groups excluding tert-OH is 1. The van der Waals surface area contributed by atoms with Gasteiger partial charge in [-0.2, -0.15) is 5.10 Å². The largest absolute Gasteiger partial charge is 0.391 e. The van der Waals surface area contributed by atoms with Crippen LogP contribution in [0.4, 0.5) is 4.39 Å². The molecular weight excluding hydrogens is 497 g/mol. The lowest BCUT2D eigenvalue weighted by atomic mass is 9.91. The van der Waals surface area contributed by atoms with Gasteiger partial charge in [-0.05, 0) is 43.9 Å². The molecule has 2 aromatic carbocycles. The molecule has 9 heteroatoms. The van der Waals surface area contributed by atoms with Crippen LogP contribution in [0.15, 0.2) is 64.2 Å². The molecule has 39 heavy (non-hydrogen) atoms. The minimum atomic E-state index is -0.681. The maximum Gasteiger partial charge on any atom is 0.234 e. The van der Waals surface area contributed by atoms with Crippen molar-refractivity contribution in [1.29, 1.82) is 0 Å². The van der Waals surface area contributed by atoms with Crippen LogP contribution in [0.3, 0.4) is 0 Å². The summed E-state index contributed by atoms with van der Waals surface area (Å²) in [5.74, 6) is 0.259. The molecule has 1 fully saturated rings. The summed E-state index contributed by atoms with van der Waals surface area (Å²) in [7, 11) is 0. The van der Waals surface area contributed by atoms with Gasteiger partial charge in [0.25, 0.3) is 0 Å². The van der Waals surface area contributed by atoms with E-state index in [1.807, 2.05) is 70.0 Å². The molecule has 0 spiro atoms. The van der Waals surface area contributed by atoms with E-state index in [1.54, 1.807) is 23.1 Å². The van der Waals surface area contributed by atoms with Gasteiger partial charge in [-0.3, -0.25) is 9.80 Å². The molecule has 4 atom stereocenters. The number of aryl methyl sites for hydroxylation is 1. The zero-order valence-corrected chi connectivity index (χ0v) is 23.1. The molecule has 3 aromatic rings. The smallest absolute Gasteiger partial charge is 0.234 e. The van der Waals surface area contributed by atoms with Crippen molar-refractivity contribution in [2.75, 3.05) is 13.1 Å². The van der Waals surface area contributed by atoms with Gasteiger partial charge >= 0.3 is 0 Å². The molecular formula is C30H36FN5O3. The second kappa shape index (κ2) is 10.4. The van der Waals surface area contributed by atoms with E-state index >= 15 is 0 Å². The number of carbonyl (C=O) groups is 1. The van der Waals surface area contributed by atoms with Crippen LogP contribution in [-0.2, 0) is 10.5 Å². The highest BCUT2D eigenvalue weighted by Crippen LogP contribution is 2.36. The molecule has 0 unspecified atom stereocenters. The fraction of sp³-hybridized carbons (Fsp3) is 0.433. The molecule has 2 aliphatic heterocycles. The van der Waals surface area contributed by atoms with Crippen LogP contribution in [0.5, 0.6) is 0 Å². The van der Waals surface area contributed by atoms with E-state index in [0.29, 0.717) is 30.1 Å². The van der Waals surface area contributed by atoms with Crippen molar-refractivity contribution >= 4 is 11.7 Å². The Morgan fingerprint density at radius 3 is 2.56 bits per heavy atom. The van der Waals surface area contributed by atoms with Gasteiger partial charge in [-0.15, -0.1) is 0 Å². The highest BCUT2D eigenvalue weighted by Gasteiger charge is 2.47. The molecule has 0 radical (unpaired) electrons. The van der Waals surface area contributed by atoms with Crippen molar-refractivity contribution in [3.05, 3.63) is 77.4 Å². The number of carbonyl (C=O) groups excluding carboxylic acids is 1. The van der Waals surface area contributed by atoms with E-state index in [-0.39, 0.29) is 24.2 Å². The number of hydrogen-bond donors (Lipinski definition) is 2. The zero-order valence-electron chi connectivity index (χ0n) is 23.1. The number of β-amino-alcohol motifs (C(OH)–C–C–N with tert-alkyl or cyclic N) is 1. The van der Waals surface area contributed by atoms with Gasteiger partial charge in [0.1, 0.15) is 23.3 Å². The number of amides is 1. The normalized spacial score (nSPS) is 23.7. The highest BCUT2D eigenvalue weighted by atomic mass is 19.1. The quantitative estimate of drug-likeness (QED) is 0.461. The van der Waals surface area contributed by atoms with Crippen LogP contribution < -0.4 is 5.32 Å². The first-order valence-electron chi connectivity index (χ1n) is 13.5. The molecule has 5 rings (SSSR count). The summed E-state index contributed by atoms with van der Waals surface area (Å²) >= 11 is 0. The van der Waals surface area contributed by atoms with E-state index in [2.05, 4.69) is 10.5 Å². The Hall–Kier alpha value is -3.72. The number of rotatable bonds is 7. The second-order valence-corrected chi connectivity index (χ2v) is 10.9. The van der Waals surface area contributed by atoms with E-state index < -0.39 is 23.7 Å². The molecule has 1 amide bonds. The van der Waals surface area contributed by atoms with Crippen molar-refractivity contribution in [2.45, 2.75) is 64.8 Å².